The zero-order valence-electron chi connectivity index (χ0n) is 16.2. The van der Waals surface area contributed by atoms with E-state index >= 15 is 0 Å². The molecule has 0 aliphatic carbocycles. The molecule has 28 heavy (non-hydrogen) atoms. The van der Waals surface area contributed by atoms with E-state index in [9.17, 15) is 4.79 Å². The zero-order chi connectivity index (χ0) is 19.8. The van der Waals surface area contributed by atoms with Gasteiger partial charge in [0.25, 0.3) is 0 Å². The smallest absolute Gasteiger partial charge is 0.244 e. The van der Waals surface area contributed by atoms with Gasteiger partial charge in [0.1, 0.15) is 5.75 Å². The third kappa shape index (κ3) is 5.85. The van der Waals surface area contributed by atoms with Gasteiger partial charge in [-0.1, -0.05) is 42.3 Å². The van der Waals surface area contributed by atoms with E-state index in [1.807, 2.05) is 36.4 Å². The van der Waals surface area contributed by atoms with Gasteiger partial charge in [0.15, 0.2) is 0 Å². The third-order valence-electron chi connectivity index (χ3n) is 5.08. The molecule has 4 nitrogen and oxygen atoms in total. The lowest BCUT2D eigenvalue weighted by molar-refractivity contribution is -0.116. The van der Waals surface area contributed by atoms with Crippen LogP contribution in [0.4, 0.5) is 0 Å². The van der Waals surface area contributed by atoms with Crippen molar-refractivity contribution in [3.8, 4) is 5.75 Å². The fourth-order valence-electron chi connectivity index (χ4n) is 3.55. The lowest BCUT2D eigenvalue weighted by Gasteiger charge is -2.35. The van der Waals surface area contributed by atoms with Crippen LogP contribution in [0.5, 0.6) is 5.75 Å². The Balaban J connectivity index is 1.65. The van der Waals surface area contributed by atoms with Crippen LogP contribution in [0, 0.1) is 0 Å². The van der Waals surface area contributed by atoms with Gasteiger partial charge in [0.05, 0.1) is 13.2 Å². The molecule has 1 atom stereocenters. The highest BCUT2D eigenvalue weighted by Crippen LogP contribution is 2.26. The Morgan fingerprint density at radius 3 is 2.61 bits per heavy atom. The summed E-state index contributed by atoms with van der Waals surface area (Å²) in [7, 11) is 1.67. The first kappa shape index (κ1) is 20.4. The minimum Gasteiger partial charge on any atom is -0.497 e. The van der Waals surface area contributed by atoms with Crippen molar-refractivity contribution in [2.45, 2.75) is 25.3 Å². The summed E-state index contributed by atoms with van der Waals surface area (Å²) < 4.78 is 5.27. The number of halogens is 1. The largest absolute Gasteiger partial charge is 0.497 e. The van der Waals surface area contributed by atoms with Gasteiger partial charge in [-0.15, -0.1) is 0 Å². The average molecular weight is 399 g/mol. The zero-order valence-corrected chi connectivity index (χ0v) is 17.0. The van der Waals surface area contributed by atoms with Crippen molar-refractivity contribution in [1.82, 2.24) is 10.2 Å². The van der Waals surface area contributed by atoms with Crippen molar-refractivity contribution in [2.75, 3.05) is 26.7 Å². The second-order valence-corrected chi connectivity index (χ2v) is 7.46. The van der Waals surface area contributed by atoms with Gasteiger partial charge in [-0.3, -0.25) is 9.69 Å². The van der Waals surface area contributed by atoms with Gasteiger partial charge in [-0.2, -0.15) is 0 Å². The molecule has 0 spiro atoms. The molecule has 2 aromatic carbocycles. The summed E-state index contributed by atoms with van der Waals surface area (Å²) in [5, 5.41) is 3.72. The van der Waals surface area contributed by atoms with Crippen LogP contribution in [-0.2, 0) is 4.79 Å². The number of benzene rings is 2. The van der Waals surface area contributed by atoms with Crippen molar-refractivity contribution < 1.29 is 9.53 Å². The highest BCUT2D eigenvalue weighted by Gasteiger charge is 2.22. The number of amides is 1. The number of nitrogens with one attached hydrogen (secondary N) is 1. The van der Waals surface area contributed by atoms with E-state index in [1.165, 1.54) is 24.8 Å². The van der Waals surface area contributed by atoms with E-state index in [2.05, 4.69) is 22.3 Å². The fraction of sp³-hybridized carbons (Fsp3) is 0.348. The molecular formula is C23H27ClN2O2. The number of nitrogens with zero attached hydrogens (tertiary/aromatic N) is 1. The van der Waals surface area contributed by atoms with Gasteiger partial charge >= 0.3 is 0 Å². The SMILES string of the molecule is COc1ccc(C(CNC(=O)/C=C/c2cccc(Cl)c2)N2CCCCC2)cc1. The average Bonchev–Trinajstić information content (AvgIpc) is 2.74. The Morgan fingerprint density at radius 2 is 1.93 bits per heavy atom. The first-order valence-corrected chi connectivity index (χ1v) is 10.1. The molecule has 148 valence electrons. The summed E-state index contributed by atoms with van der Waals surface area (Å²) in [6, 6.07) is 15.7. The minimum absolute atomic E-state index is 0.101. The molecule has 1 fully saturated rings. The number of hydrogen-bond donors (Lipinski definition) is 1. The predicted molar refractivity (Wildman–Crippen MR) is 115 cm³/mol. The number of rotatable bonds is 7. The van der Waals surface area contributed by atoms with Crippen molar-refractivity contribution in [2.24, 2.45) is 0 Å². The van der Waals surface area contributed by atoms with E-state index in [0.717, 1.165) is 24.4 Å². The molecule has 1 saturated heterocycles. The molecule has 1 N–H and O–H groups in total. The number of carbonyl (C=O) groups is 1. The standard InChI is InChI=1S/C23H27ClN2O2/c1-28-21-11-9-19(10-12-21)22(26-14-3-2-4-15-26)17-25-23(27)13-8-18-6-5-7-20(24)16-18/h5-13,16,22H,2-4,14-15,17H2,1H3,(H,25,27)/b13-8+. The van der Waals surface area contributed by atoms with E-state index in [-0.39, 0.29) is 11.9 Å². The number of carbonyl (C=O) groups excluding carboxylic acids is 1. The Morgan fingerprint density at radius 1 is 1.18 bits per heavy atom. The highest BCUT2D eigenvalue weighted by molar-refractivity contribution is 6.30. The van der Waals surface area contributed by atoms with Crippen molar-refractivity contribution in [3.63, 3.8) is 0 Å². The van der Waals surface area contributed by atoms with Gasteiger partial charge < -0.3 is 10.1 Å². The summed E-state index contributed by atoms with van der Waals surface area (Å²) in [5.74, 6) is 0.741. The number of methoxy groups -OCH3 is 1. The third-order valence-corrected chi connectivity index (χ3v) is 5.31. The predicted octanol–water partition coefficient (Wildman–Crippen LogP) is 4.71. The molecule has 0 bridgehead atoms. The topological polar surface area (TPSA) is 41.6 Å². The summed E-state index contributed by atoms with van der Waals surface area (Å²) >= 11 is 5.99. The van der Waals surface area contributed by atoms with Gasteiger partial charge in [-0.05, 0) is 67.4 Å². The quantitative estimate of drug-likeness (QED) is 0.687. The van der Waals surface area contributed by atoms with Crippen LogP contribution >= 0.6 is 11.6 Å². The normalized spacial score (nSPS) is 16.1. The van der Waals surface area contributed by atoms with E-state index in [1.54, 1.807) is 19.3 Å². The summed E-state index contributed by atoms with van der Waals surface area (Å²) in [6.45, 7) is 2.70. The molecular weight excluding hydrogens is 372 g/mol. The molecule has 1 heterocycles. The van der Waals surface area contributed by atoms with Crippen LogP contribution in [0.25, 0.3) is 6.08 Å². The maximum atomic E-state index is 12.4. The van der Waals surface area contributed by atoms with Crippen LogP contribution in [-0.4, -0.2) is 37.6 Å². The van der Waals surface area contributed by atoms with Crippen molar-refractivity contribution in [3.05, 3.63) is 70.8 Å². The Hall–Kier alpha value is -2.30. The molecule has 1 unspecified atom stereocenters. The first-order chi connectivity index (χ1) is 13.7. The molecule has 1 aliphatic rings. The number of hydrogen-bond acceptors (Lipinski definition) is 3. The monoisotopic (exact) mass is 398 g/mol. The van der Waals surface area contributed by atoms with Gasteiger partial charge in [0.2, 0.25) is 5.91 Å². The summed E-state index contributed by atoms with van der Waals surface area (Å²) in [5.41, 5.74) is 2.10. The number of piperidine rings is 1. The Kier molecular flexibility index (Phi) is 7.52. The van der Waals surface area contributed by atoms with Crippen LogP contribution in [0.3, 0.4) is 0 Å². The molecule has 1 amide bonds. The number of likely N-dealkylation sites (tertiary alicyclic amines) is 1. The second-order valence-electron chi connectivity index (χ2n) is 7.02. The molecule has 0 radical (unpaired) electrons. The maximum absolute atomic E-state index is 12.4. The maximum Gasteiger partial charge on any atom is 0.244 e. The minimum atomic E-state index is -0.101. The molecule has 0 aromatic heterocycles. The molecule has 3 rings (SSSR count). The highest BCUT2D eigenvalue weighted by atomic mass is 35.5. The van der Waals surface area contributed by atoms with Crippen LogP contribution < -0.4 is 10.1 Å². The number of ether oxygens (including phenoxy) is 1. The van der Waals surface area contributed by atoms with Crippen molar-refractivity contribution in [1.29, 1.82) is 0 Å². The summed E-state index contributed by atoms with van der Waals surface area (Å²) in [4.78, 5) is 14.8. The molecule has 0 saturated carbocycles. The molecule has 2 aromatic rings. The fourth-order valence-corrected chi connectivity index (χ4v) is 3.75. The summed E-state index contributed by atoms with van der Waals surface area (Å²) in [6.07, 6.45) is 7.03. The molecule has 5 heteroatoms. The van der Waals surface area contributed by atoms with Crippen LogP contribution in [0.15, 0.2) is 54.6 Å². The van der Waals surface area contributed by atoms with Crippen LogP contribution in [0.2, 0.25) is 5.02 Å². The first-order valence-electron chi connectivity index (χ1n) is 9.75. The van der Waals surface area contributed by atoms with E-state index in [0.29, 0.717) is 11.6 Å². The van der Waals surface area contributed by atoms with Crippen LogP contribution in [0.1, 0.15) is 36.4 Å². The lowest BCUT2D eigenvalue weighted by Crippen LogP contribution is -2.40. The van der Waals surface area contributed by atoms with E-state index in [4.69, 9.17) is 16.3 Å². The van der Waals surface area contributed by atoms with Crippen molar-refractivity contribution >= 4 is 23.6 Å². The van der Waals surface area contributed by atoms with E-state index < -0.39 is 0 Å². The van der Waals surface area contributed by atoms with Gasteiger partial charge in [-0.25, -0.2) is 0 Å². The molecule has 1 aliphatic heterocycles. The Labute approximate surface area is 172 Å². The Bertz CT molecular complexity index is 799. The van der Waals surface area contributed by atoms with Gasteiger partial charge in [0, 0.05) is 17.6 Å². The second kappa shape index (κ2) is 10.3. The lowest BCUT2D eigenvalue weighted by atomic mass is 10.0.